The SMILES string of the molecule is CCCNCC[C@H](C)c1ccccc1. The Bertz CT molecular complexity index is 230. The van der Waals surface area contributed by atoms with E-state index >= 15 is 0 Å². The van der Waals surface area contributed by atoms with Crippen molar-refractivity contribution in [3.8, 4) is 0 Å². The quantitative estimate of drug-likeness (QED) is 0.681. The predicted octanol–water partition coefficient (Wildman–Crippen LogP) is 3.18. The lowest BCUT2D eigenvalue weighted by Gasteiger charge is -2.11. The van der Waals surface area contributed by atoms with Crippen molar-refractivity contribution in [1.82, 2.24) is 5.32 Å². The summed E-state index contributed by atoms with van der Waals surface area (Å²) < 4.78 is 0. The highest BCUT2D eigenvalue weighted by molar-refractivity contribution is 5.18. The van der Waals surface area contributed by atoms with Crippen LogP contribution in [0.15, 0.2) is 30.3 Å². The third-order valence-corrected chi connectivity index (χ3v) is 2.55. The van der Waals surface area contributed by atoms with Crippen molar-refractivity contribution in [2.75, 3.05) is 13.1 Å². The third-order valence-electron chi connectivity index (χ3n) is 2.55. The zero-order valence-corrected chi connectivity index (χ0v) is 9.29. The maximum absolute atomic E-state index is 3.44. The van der Waals surface area contributed by atoms with E-state index in [9.17, 15) is 0 Å². The monoisotopic (exact) mass is 191 g/mol. The topological polar surface area (TPSA) is 12.0 Å². The number of rotatable bonds is 6. The van der Waals surface area contributed by atoms with Gasteiger partial charge in [0.1, 0.15) is 0 Å². The van der Waals surface area contributed by atoms with Gasteiger partial charge in [-0.15, -0.1) is 0 Å². The van der Waals surface area contributed by atoms with Crippen molar-refractivity contribution in [2.24, 2.45) is 0 Å². The molecule has 0 heterocycles. The molecule has 0 aliphatic carbocycles. The first kappa shape index (κ1) is 11.3. The summed E-state index contributed by atoms with van der Waals surface area (Å²) >= 11 is 0. The summed E-state index contributed by atoms with van der Waals surface area (Å²) in [4.78, 5) is 0. The molecule has 0 bridgehead atoms. The minimum atomic E-state index is 0.667. The largest absolute Gasteiger partial charge is 0.317 e. The lowest BCUT2D eigenvalue weighted by Crippen LogP contribution is -2.17. The standard InChI is InChI=1S/C13H21N/c1-3-10-14-11-9-12(2)13-7-5-4-6-8-13/h4-8,12,14H,3,9-11H2,1-2H3/t12-/m0/s1. The van der Waals surface area contributed by atoms with E-state index in [0.717, 1.165) is 13.1 Å². The highest BCUT2D eigenvalue weighted by Gasteiger charge is 2.03. The van der Waals surface area contributed by atoms with E-state index in [4.69, 9.17) is 0 Å². The van der Waals surface area contributed by atoms with Crippen molar-refractivity contribution in [2.45, 2.75) is 32.6 Å². The fraction of sp³-hybridized carbons (Fsp3) is 0.538. The van der Waals surface area contributed by atoms with Crippen LogP contribution in [0.25, 0.3) is 0 Å². The summed E-state index contributed by atoms with van der Waals surface area (Å²) in [5.74, 6) is 0.667. The Morgan fingerprint density at radius 2 is 1.86 bits per heavy atom. The Kier molecular flexibility index (Phi) is 5.31. The van der Waals surface area contributed by atoms with Crippen LogP contribution in [-0.4, -0.2) is 13.1 Å². The van der Waals surface area contributed by atoms with Gasteiger partial charge in [-0.3, -0.25) is 0 Å². The summed E-state index contributed by atoms with van der Waals surface area (Å²) in [6, 6.07) is 10.7. The predicted molar refractivity (Wildman–Crippen MR) is 62.6 cm³/mol. The molecule has 1 aromatic rings. The van der Waals surface area contributed by atoms with Gasteiger partial charge in [0, 0.05) is 0 Å². The van der Waals surface area contributed by atoms with Gasteiger partial charge in [-0.1, -0.05) is 44.2 Å². The van der Waals surface area contributed by atoms with Crippen molar-refractivity contribution in [3.63, 3.8) is 0 Å². The summed E-state index contributed by atoms with van der Waals surface area (Å²) in [6.45, 7) is 6.77. The normalized spacial score (nSPS) is 12.7. The van der Waals surface area contributed by atoms with E-state index < -0.39 is 0 Å². The van der Waals surface area contributed by atoms with Crippen LogP contribution in [0.5, 0.6) is 0 Å². The van der Waals surface area contributed by atoms with Crippen LogP contribution in [0.4, 0.5) is 0 Å². The molecule has 1 nitrogen and oxygen atoms in total. The Morgan fingerprint density at radius 3 is 2.50 bits per heavy atom. The van der Waals surface area contributed by atoms with E-state index in [1.165, 1.54) is 18.4 Å². The number of hydrogen-bond acceptors (Lipinski definition) is 1. The van der Waals surface area contributed by atoms with Crippen LogP contribution < -0.4 is 5.32 Å². The molecule has 0 aromatic heterocycles. The van der Waals surface area contributed by atoms with Crippen LogP contribution in [0, 0.1) is 0 Å². The Balaban J connectivity index is 2.25. The van der Waals surface area contributed by atoms with Crippen LogP contribution >= 0.6 is 0 Å². The first-order chi connectivity index (χ1) is 6.84. The van der Waals surface area contributed by atoms with Crippen LogP contribution in [-0.2, 0) is 0 Å². The molecule has 0 unspecified atom stereocenters. The molecule has 0 aliphatic rings. The highest BCUT2D eigenvalue weighted by atomic mass is 14.8. The first-order valence-corrected chi connectivity index (χ1v) is 5.60. The molecule has 0 amide bonds. The third kappa shape index (κ3) is 3.93. The van der Waals surface area contributed by atoms with Gasteiger partial charge in [-0.2, -0.15) is 0 Å². The molecule has 78 valence electrons. The van der Waals surface area contributed by atoms with Crippen molar-refractivity contribution >= 4 is 0 Å². The fourth-order valence-electron chi connectivity index (χ4n) is 1.57. The summed E-state index contributed by atoms with van der Waals surface area (Å²) in [7, 11) is 0. The minimum absolute atomic E-state index is 0.667. The number of benzene rings is 1. The first-order valence-electron chi connectivity index (χ1n) is 5.60. The molecule has 1 atom stereocenters. The summed E-state index contributed by atoms with van der Waals surface area (Å²) in [5, 5.41) is 3.44. The summed E-state index contributed by atoms with van der Waals surface area (Å²) in [5.41, 5.74) is 1.45. The van der Waals surface area contributed by atoms with E-state index in [-0.39, 0.29) is 0 Å². The second-order valence-electron chi connectivity index (χ2n) is 3.85. The lowest BCUT2D eigenvalue weighted by atomic mass is 9.98. The van der Waals surface area contributed by atoms with E-state index in [2.05, 4.69) is 49.5 Å². The zero-order chi connectivity index (χ0) is 10.2. The Labute approximate surface area is 87.5 Å². The molecular formula is C13H21N. The Hall–Kier alpha value is -0.820. The van der Waals surface area contributed by atoms with Gasteiger partial charge in [0.25, 0.3) is 0 Å². The molecule has 0 aliphatic heterocycles. The maximum Gasteiger partial charge on any atom is -0.00432 e. The van der Waals surface area contributed by atoms with E-state index in [1.807, 2.05) is 0 Å². The van der Waals surface area contributed by atoms with Crippen molar-refractivity contribution in [3.05, 3.63) is 35.9 Å². The van der Waals surface area contributed by atoms with Gasteiger partial charge in [0.2, 0.25) is 0 Å². The van der Waals surface area contributed by atoms with E-state index in [0.29, 0.717) is 5.92 Å². The molecule has 0 saturated carbocycles. The zero-order valence-electron chi connectivity index (χ0n) is 9.29. The molecule has 0 saturated heterocycles. The average Bonchev–Trinajstić information content (AvgIpc) is 2.25. The van der Waals surface area contributed by atoms with Crippen LogP contribution in [0.3, 0.4) is 0 Å². The van der Waals surface area contributed by atoms with Gasteiger partial charge >= 0.3 is 0 Å². The lowest BCUT2D eigenvalue weighted by molar-refractivity contribution is 0.591. The second kappa shape index (κ2) is 6.61. The average molecular weight is 191 g/mol. The van der Waals surface area contributed by atoms with Crippen molar-refractivity contribution in [1.29, 1.82) is 0 Å². The van der Waals surface area contributed by atoms with Gasteiger partial charge < -0.3 is 5.32 Å². The number of nitrogens with one attached hydrogen (secondary N) is 1. The molecule has 1 aromatic carbocycles. The molecule has 1 rings (SSSR count). The number of hydrogen-bond donors (Lipinski definition) is 1. The molecule has 0 fully saturated rings. The molecule has 14 heavy (non-hydrogen) atoms. The summed E-state index contributed by atoms with van der Waals surface area (Å²) in [6.07, 6.45) is 2.45. The molecule has 0 spiro atoms. The van der Waals surface area contributed by atoms with Gasteiger partial charge in [-0.25, -0.2) is 0 Å². The van der Waals surface area contributed by atoms with Crippen LogP contribution in [0.2, 0.25) is 0 Å². The van der Waals surface area contributed by atoms with E-state index in [1.54, 1.807) is 0 Å². The van der Waals surface area contributed by atoms with Gasteiger partial charge in [0.15, 0.2) is 0 Å². The molecule has 0 radical (unpaired) electrons. The minimum Gasteiger partial charge on any atom is -0.317 e. The second-order valence-corrected chi connectivity index (χ2v) is 3.85. The maximum atomic E-state index is 3.44. The smallest absolute Gasteiger partial charge is 0.00432 e. The molecule has 1 N–H and O–H groups in total. The molecule has 1 heteroatoms. The van der Waals surface area contributed by atoms with Gasteiger partial charge in [0.05, 0.1) is 0 Å². The molecular weight excluding hydrogens is 170 g/mol. The highest BCUT2D eigenvalue weighted by Crippen LogP contribution is 2.17. The fourth-order valence-corrected chi connectivity index (χ4v) is 1.57. The van der Waals surface area contributed by atoms with Gasteiger partial charge in [-0.05, 0) is 37.4 Å². The Morgan fingerprint density at radius 1 is 1.14 bits per heavy atom. The van der Waals surface area contributed by atoms with Crippen LogP contribution in [0.1, 0.15) is 38.2 Å². The van der Waals surface area contributed by atoms with Crippen molar-refractivity contribution < 1.29 is 0 Å².